The number of carbonyl (C=O) groups is 2. The summed E-state index contributed by atoms with van der Waals surface area (Å²) in [6, 6.07) is 4.22. The Balaban J connectivity index is 3.13. The topological polar surface area (TPSA) is 144 Å². The second kappa shape index (κ2) is 9.57. The smallest absolute Gasteiger partial charge is 0.267 e. The number of aromatic hydroxyl groups is 2. The van der Waals surface area contributed by atoms with Gasteiger partial charge in [0.05, 0.1) is 11.3 Å². The predicted octanol–water partition coefficient (Wildman–Crippen LogP) is 0.994. The molecule has 0 spiro atoms. The predicted molar refractivity (Wildman–Crippen MR) is 108 cm³/mol. The summed E-state index contributed by atoms with van der Waals surface area (Å²) in [4.78, 5) is 25.6. The summed E-state index contributed by atoms with van der Waals surface area (Å²) < 4.78 is 32.2. The van der Waals surface area contributed by atoms with Gasteiger partial charge < -0.3 is 20.4 Å². The molecule has 0 aliphatic heterocycles. The van der Waals surface area contributed by atoms with Crippen molar-refractivity contribution in [3.8, 4) is 11.5 Å². The second-order valence-electron chi connectivity index (χ2n) is 7.06. The highest BCUT2D eigenvalue weighted by Crippen LogP contribution is 2.25. The van der Waals surface area contributed by atoms with E-state index in [1.807, 2.05) is 0 Å². The Labute approximate surface area is 170 Å². The highest BCUT2D eigenvalue weighted by atomic mass is 32.2. The summed E-state index contributed by atoms with van der Waals surface area (Å²) in [5.41, 5.74) is -0.685. The van der Waals surface area contributed by atoms with Crippen LogP contribution in [0.5, 0.6) is 11.5 Å². The number of phenols is 2. The summed E-state index contributed by atoms with van der Waals surface area (Å²) in [5, 5.41) is 21.4. The summed E-state index contributed by atoms with van der Waals surface area (Å²) in [7, 11) is -4.47. The van der Waals surface area contributed by atoms with Gasteiger partial charge in [-0.2, -0.15) is 8.42 Å². The van der Waals surface area contributed by atoms with Crippen molar-refractivity contribution in [3.63, 3.8) is 0 Å². The molecule has 160 valence electrons. The molecular weight excluding hydrogens is 400 g/mol. The van der Waals surface area contributed by atoms with Crippen LogP contribution in [-0.4, -0.2) is 64.3 Å². The zero-order chi connectivity index (χ0) is 22.4. The van der Waals surface area contributed by atoms with Crippen LogP contribution in [0.3, 0.4) is 0 Å². The van der Waals surface area contributed by atoms with Crippen molar-refractivity contribution in [1.29, 1.82) is 0 Å². The van der Waals surface area contributed by atoms with Gasteiger partial charge in [0.15, 0.2) is 11.5 Å². The maximum atomic E-state index is 12.6. The largest absolute Gasteiger partial charge is 0.504 e. The average Bonchev–Trinajstić information content (AvgIpc) is 2.58. The standard InChI is InChI=1S/C19H26N2O7S/c1-5-17(24)20-19(4,12-29(26,27)28)11-21(18(25)13(2)3)9-8-14-6-7-15(22)16(23)10-14/h5-7,10,22-23H,1-2,8-9,11-12H2,3-4H3,(H,20,24)(H,26,27,28). The Morgan fingerprint density at radius 3 is 2.38 bits per heavy atom. The third kappa shape index (κ3) is 7.96. The third-order valence-corrected chi connectivity index (χ3v) is 5.02. The van der Waals surface area contributed by atoms with Crippen molar-refractivity contribution in [2.24, 2.45) is 0 Å². The number of nitrogens with zero attached hydrogens (tertiary/aromatic N) is 1. The summed E-state index contributed by atoms with van der Waals surface area (Å²) in [6.45, 7) is 9.65. The zero-order valence-electron chi connectivity index (χ0n) is 16.4. The van der Waals surface area contributed by atoms with E-state index in [-0.39, 0.29) is 36.6 Å². The first-order chi connectivity index (χ1) is 13.3. The lowest BCUT2D eigenvalue weighted by atomic mass is 10.0. The van der Waals surface area contributed by atoms with Crippen LogP contribution in [0.15, 0.2) is 43.0 Å². The summed E-state index contributed by atoms with van der Waals surface area (Å²) >= 11 is 0. The number of hydrogen-bond acceptors (Lipinski definition) is 6. The van der Waals surface area contributed by atoms with Crippen LogP contribution < -0.4 is 5.32 Å². The van der Waals surface area contributed by atoms with Crippen molar-refractivity contribution >= 4 is 21.9 Å². The van der Waals surface area contributed by atoms with Crippen LogP contribution in [0.2, 0.25) is 0 Å². The first-order valence-electron chi connectivity index (χ1n) is 8.62. The van der Waals surface area contributed by atoms with Crippen LogP contribution in [-0.2, 0) is 26.1 Å². The van der Waals surface area contributed by atoms with Crippen LogP contribution in [0.25, 0.3) is 0 Å². The molecule has 10 heteroatoms. The molecule has 1 aromatic carbocycles. The first-order valence-corrected chi connectivity index (χ1v) is 10.2. The molecule has 0 saturated heterocycles. The Kier molecular flexibility index (Phi) is 7.98. The Bertz CT molecular complexity index is 911. The molecule has 0 fully saturated rings. The minimum atomic E-state index is -4.47. The molecule has 0 saturated carbocycles. The molecule has 1 aromatic rings. The van der Waals surface area contributed by atoms with E-state index in [0.29, 0.717) is 5.56 Å². The number of carbonyl (C=O) groups excluding carboxylic acids is 2. The zero-order valence-corrected chi connectivity index (χ0v) is 17.2. The number of nitrogens with one attached hydrogen (secondary N) is 1. The van der Waals surface area contributed by atoms with E-state index < -0.39 is 33.2 Å². The van der Waals surface area contributed by atoms with Gasteiger partial charge in [0.25, 0.3) is 10.1 Å². The van der Waals surface area contributed by atoms with Gasteiger partial charge >= 0.3 is 0 Å². The van der Waals surface area contributed by atoms with Gasteiger partial charge in [-0.15, -0.1) is 0 Å². The van der Waals surface area contributed by atoms with E-state index in [0.717, 1.165) is 6.08 Å². The van der Waals surface area contributed by atoms with Crippen molar-refractivity contribution < 1.29 is 32.8 Å². The molecule has 4 N–H and O–H groups in total. The minimum Gasteiger partial charge on any atom is -0.504 e. The monoisotopic (exact) mass is 426 g/mol. The van der Waals surface area contributed by atoms with E-state index in [1.54, 1.807) is 6.07 Å². The maximum absolute atomic E-state index is 12.6. The lowest BCUT2D eigenvalue weighted by Crippen LogP contribution is -2.58. The second-order valence-corrected chi connectivity index (χ2v) is 8.51. The molecule has 0 aliphatic carbocycles. The molecule has 0 radical (unpaired) electrons. The third-order valence-electron chi connectivity index (χ3n) is 4.01. The fraction of sp³-hybridized carbons (Fsp3) is 0.368. The fourth-order valence-corrected chi connectivity index (χ4v) is 3.77. The molecule has 2 amide bonds. The van der Waals surface area contributed by atoms with Crippen molar-refractivity contribution in [2.45, 2.75) is 25.8 Å². The van der Waals surface area contributed by atoms with Crippen LogP contribution in [0, 0.1) is 0 Å². The quantitative estimate of drug-likeness (QED) is 0.248. The molecule has 1 atom stereocenters. The summed E-state index contributed by atoms with van der Waals surface area (Å²) in [5.74, 6) is -2.55. The van der Waals surface area contributed by atoms with E-state index in [1.165, 1.54) is 30.9 Å². The molecule has 1 unspecified atom stereocenters. The number of amides is 2. The van der Waals surface area contributed by atoms with Gasteiger partial charge in [0, 0.05) is 18.7 Å². The van der Waals surface area contributed by atoms with Crippen molar-refractivity contribution in [3.05, 3.63) is 48.6 Å². The maximum Gasteiger partial charge on any atom is 0.267 e. The van der Waals surface area contributed by atoms with E-state index in [4.69, 9.17) is 0 Å². The van der Waals surface area contributed by atoms with Crippen LogP contribution in [0.1, 0.15) is 19.4 Å². The van der Waals surface area contributed by atoms with Gasteiger partial charge in [-0.1, -0.05) is 19.2 Å². The Hall–Kier alpha value is -2.85. The minimum absolute atomic E-state index is 0.0981. The Morgan fingerprint density at radius 1 is 1.28 bits per heavy atom. The number of hydrogen-bond donors (Lipinski definition) is 4. The van der Waals surface area contributed by atoms with Crippen molar-refractivity contribution in [1.82, 2.24) is 10.2 Å². The molecule has 0 aromatic heterocycles. The molecule has 9 nitrogen and oxygen atoms in total. The van der Waals surface area contributed by atoms with Crippen molar-refractivity contribution in [2.75, 3.05) is 18.8 Å². The molecule has 1 rings (SSSR count). The van der Waals surface area contributed by atoms with E-state index in [2.05, 4.69) is 18.5 Å². The highest BCUT2D eigenvalue weighted by Gasteiger charge is 2.35. The highest BCUT2D eigenvalue weighted by molar-refractivity contribution is 7.85. The van der Waals surface area contributed by atoms with Gasteiger partial charge in [0.2, 0.25) is 11.8 Å². The molecule has 0 aliphatic rings. The average molecular weight is 426 g/mol. The fourth-order valence-electron chi connectivity index (χ4n) is 2.80. The molecule has 29 heavy (non-hydrogen) atoms. The molecule has 0 heterocycles. The normalized spacial score (nSPS) is 13.2. The van der Waals surface area contributed by atoms with Gasteiger partial charge in [-0.3, -0.25) is 14.1 Å². The number of phenolic OH excluding ortho intramolecular Hbond substituents is 2. The number of rotatable bonds is 10. The van der Waals surface area contributed by atoms with Crippen LogP contribution >= 0.6 is 0 Å². The van der Waals surface area contributed by atoms with E-state index >= 15 is 0 Å². The molecular formula is C19H26N2O7S. The number of benzene rings is 1. The lowest BCUT2D eigenvalue weighted by molar-refractivity contribution is -0.129. The van der Waals surface area contributed by atoms with Gasteiger partial charge in [-0.25, -0.2) is 0 Å². The first kappa shape index (κ1) is 24.2. The van der Waals surface area contributed by atoms with E-state index in [9.17, 15) is 32.8 Å². The van der Waals surface area contributed by atoms with Gasteiger partial charge in [-0.05, 0) is 44.0 Å². The SMILES string of the molecule is C=CC(=O)NC(C)(CN(CCc1ccc(O)c(O)c1)C(=O)C(=C)C)CS(=O)(=O)O. The van der Waals surface area contributed by atoms with Gasteiger partial charge in [0.1, 0.15) is 0 Å². The summed E-state index contributed by atoms with van der Waals surface area (Å²) in [6.07, 6.45) is 1.22. The van der Waals surface area contributed by atoms with Crippen LogP contribution in [0.4, 0.5) is 0 Å². The lowest BCUT2D eigenvalue weighted by Gasteiger charge is -2.35. The Morgan fingerprint density at radius 2 is 1.90 bits per heavy atom. The molecule has 0 bridgehead atoms.